The molecule has 1 fully saturated rings. The van der Waals surface area contributed by atoms with Gasteiger partial charge in [0.25, 0.3) is 0 Å². The summed E-state index contributed by atoms with van der Waals surface area (Å²) in [6.45, 7) is 5.00. The predicted octanol–water partition coefficient (Wildman–Crippen LogP) is 3.54. The second-order valence-corrected chi connectivity index (χ2v) is 7.82. The van der Waals surface area contributed by atoms with E-state index in [1.807, 2.05) is 30.9 Å². The minimum Gasteiger partial charge on any atom is -0.365 e. The monoisotopic (exact) mass is 411 g/mol. The highest BCUT2D eigenvalue weighted by molar-refractivity contribution is 5.91. The lowest BCUT2D eigenvalue weighted by Gasteiger charge is -2.36. The summed E-state index contributed by atoms with van der Waals surface area (Å²) >= 11 is 0. The zero-order chi connectivity index (χ0) is 21.1. The van der Waals surface area contributed by atoms with E-state index in [1.165, 1.54) is 6.20 Å². The van der Waals surface area contributed by atoms with Gasteiger partial charge < -0.3 is 20.5 Å². The molecule has 3 aromatic rings. The number of nitrogens with zero attached hydrogens (tertiary/aromatic N) is 4. The molecule has 4 rings (SSSR count). The lowest BCUT2D eigenvalue weighted by molar-refractivity contribution is 0.153. The number of H-pyrrole nitrogens is 1. The minimum atomic E-state index is -0.522. The molecule has 1 aliphatic rings. The Morgan fingerprint density at radius 2 is 2.23 bits per heavy atom. The quantitative estimate of drug-likeness (QED) is 0.596. The van der Waals surface area contributed by atoms with E-state index in [9.17, 15) is 9.18 Å². The van der Waals surface area contributed by atoms with Crippen LogP contribution in [-0.4, -0.2) is 56.0 Å². The van der Waals surface area contributed by atoms with Crippen molar-refractivity contribution in [3.05, 3.63) is 36.5 Å². The number of carbonyl (C=O) groups is 1. The van der Waals surface area contributed by atoms with Crippen LogP contribution in [0.3, 0.4) is 0 Å². The number of halogens is 1. The van der Waals surface area contributed by atoms with Gasteiger partial charge in [-0.05, 0) is 45.2 Å². The highest BCUT2D eigenvalue weighted by Gasteiger charge is 2.27. The first-order valence-corrected chi connectivity index (χ1v) is 10.3. The summed E-state index contributed by atoms with van der Waals surface area (Å²) in [7, 11) is 0. The smallest absolute Gasteiger partial charge is 0.317 e. The van der Waals surface area contributed by atoms with E-state index in [2.05, 4.69) is 30.6 Å². The molecule has 8 nitrogen and oxygen atoms in total. The van der Waals surface area contributed by atoms with Crippen LogP contribution in [0.25, 0.3) is 22.4 Å². The second-order valence-electron chi connectivity index (χ2n) is 7.82. The van der Waals surface area contributed by atoms with Crippen LogP contribution in [0.15, 0.2) is 30.7 Å². The zero-order valence-corrected chi connectivity index (χ0v) is 17.2. The first-order chi connectivity index (χ1) is 14.5. The Hall–Kier alpha value is -3.23. The van der Waals surface area contributed by atoms with Gasteiger partial charge in [-0.3, -0.25) is 0 Å². The molecule has 4 heterocycles. The number of urea groups is 1. The number of carbonyl (C=O) groups excluding carboxylic acids is 1. The van der Waals surface area contributed by atoms with E-state index < -0.39 is 5.82 Å². The van der Waals surface area contributed by atoms with Crippen LogP contribution in [0.5, 0.6) is 0 Å². The summed E-state index contributed by atoms with van der Waals surface area (Å²) in [5, 5.41) is 6.92. The van der Waals surface area contributed by atoms with Crippen molar-refractivity contribution in [2.45, 2.75) is 45.2 Å². The number of aromatic amines is 1. The van der Waals surface area contributed by atoms with Crippen molar-refractivity contribution in [3.8, 4) is 11.4 Å². The third kappa shape index (κ3) is 4.19. The molecule has 1 atom stereocenters. The van der Waals surface area contributed by atoms with Gasteiger partial charge in [0.15, 0.2) is 17.5 Å². The molecule has 0 aliphatic carbocycles. The molecule has 1 aliphatic heterocycles. The van der Waals surface area contributed by atoms with E-state index in [0.29, 0.717) is 18.9 Å². The maximum absolute atomic E-state index is 14.4. The molecule has 3 aromatic heterocycles. The molecule has 0 radical (unpaired) electrons. The number of amides is 2. The number of nitrogens with one attached hydrogen (secondary N) is 3. The van der Waals surface area contributed by atoms with Crippen LogP contribution in [0.2, 0.25) is 0 Å². The number of piperidine rings is 1. The number of hydrogen-bond donors (Lipinski definition) is 3. The number of aromatic nitrogens is 4. The van der Waals surface area contributed by atoms with Gasteiger partial charge in [0, 0.05) is 42.5 Å². The summed E-state index contributed by atoms with van der Waals surface area (Å²) in [5.41, 5.74) is 1.49. The normalized spacial score (nSPS) is 16.8. The number of hydrogen-bond acceptors (Lipinski definition) is 5. The standard InChI is InChI=1S/C21H26FN7O/c1-13(2)27-21(30)29-9-4-3-6-14(29)10-24-20-17(22)12-26-19(28-20)16-11-25-18-15(16)7-5-8-23-18/h5,7-8,11-14H,3-4,6,9-10H2,1-2H3,(H,23,25)(H,27,30)(H,24,26,28). The minimum absolute atomic E-state index is 0.0207. The maximum atomic E-state index is 14.4. The highest BCUT2D eigenvalue weighted by Crippen LogP contribution is 2.26. The fraction of sp³-hybridized carbons (Fsp3) is 0.429. The number of anilines is 1. The Kier molecular flexibility index (Phi) is 5.78. The number of likely N-dealkylation sites (tertiary alicyclic amines) is 1. The van der Waals surface area contributed by atoms with Crippen LogP contribution >= 0.6 is 0 Å². The largest absolute Gasteiger partial charge is 0.365 e. The molecule has 1 saturated heterocycles. The molecule has 9 heteroatoms. The molecule has 0 bridgehead atoms. The molecule has 2 amide bonds. The van der Waals surface area contributed by atoms with E-state index in [4.69, 9.17) is 0 Å². The highest BCUT2D eigenvalue weighted by atomic mass is 19.1. The number of fused-ring (bicyclic) bond motifs is 1. The molecule has 0 saturated carbocycles. The molecule has 3 N–H and O–H groups in total. The predicted molar refractivity (Wildman–Crippen MR) is 114 cm³/mol. The Labute approximate surface area is 174 Å². The topological polar surface area (TPSA) is 98.8 Å². The molecular formula is C21H26FN7O. The van der Waals surface area contributed by atoms with E-state index in [1.54, 1.807) is 12.4 Å². The summed E-state index contributed by atoms with van der Waals surface area (Å²) in [5.74, 6) is 0.0231. The third-order valence-corrected chi connectivity index (χ3v) is 5.24. The molecule has 0 aromatic carbocycles. The van der Waals surface area contributed by atoms with Gasteiger partial charge in [-0.25, -0.2) is 24.1 Å². The fourth-order valence-corrected chi connectivity index (χ4v) is 3.79. The van der Waals surface area contributed by atoms with Crippen molar-refractivity contribution in [1.82, 2.24) is 30.2 Å². The third-order valence-electron chi connectivity index (χ3n) is 5.24. The SMILES string of the molecule is CC(C)NC(=O)N1CCCCC1CNc1nc(-c2c[nH]c3ncccc23)ncc1F. The van der Waals surface area contributed by atoms with Crippen molar-refractivity contribution in [2.24, 2.45) is 0 Å². The summed E-state index contributed by atoms with van der Waals surface area (Å²) in [6.07, 6.45) is 7.52. The Balaban J connectivity index is 1.52. The Morgan fingerprint density at radius 1 is 1.37 bits per heavy atom. The van der Waals surface area contributed by atoms with Gasteiger partial charge in [0.2, 0.25) is 0 Å². The molecule has 1 unspecified atom stereocenters. The van der Waals surface area contributed by atoms with Crippen molar-refractivity contribution < 1.29 is 9.18 Å². The van der Waals surface area contributed by atoms with Gasteiger partial charge in [-0.1, -0.05) is 0 Å². The van der Waals surface area contributed by atoms with Crippen molar-refractivity contribution in [3.63, 3.8) is 0 Å². The van der Waals surface area contributed by atoms with Gasteiger partial charge in [-0.15, -0.1) is 0 Å². The van der Waals surface area contributed by atoms with Gasteiger partial charge in [0.05, 0.1) is 12.2 Å². The van der Waals surface area contributed by atoms with E-state index >= 15 is 0 Å². The average Bonchev–Trinajstić information content (AvgIpc) is 3.17. The molecule has 158 valence electrons. The zero-order valence-electron chi connectivity index (χ0n) is 17.2. The number of rotatable bonds is 5. The van der Waals surface area contributed by atoms with E-state index in [0.717, 1.165) is 35.9 Å². The van der Waals surface area contributed by atoms with Crippen molar-refractivity contribution >= 4 is 22.9 Å². The van der Waals surface area contributed by atoms with Crippen LogP contribution in [0.4, 0.5) is 15.0 Å². The fourth-order valence-electron chi connectivity index (χ4n) is 3.79. The second kappa shape index (κ2) is 8.64. The van der Waals surface area contributed by atoms with Crippen molar-refractivity contribution in [1.29, 1.82) is 0 Å². The molecule has 0 spiro atoms. The molecule has 30 heavy (non-hydrogen) atoms. The van der Waals surface area contributed by atoms with Crippen LogP contribution < -0.4 is 10.6 Å². The lowest BCUT2D eigenvalue weighted by Crippen LogP contribution is -2.52. The first kappa shape index (κ1) is 20.1. The Bertz CT molecular complexity index is 1040. The Morgan fingerprint density at radius 3 is 3.07 bits per heavy atom. The summed E-state index contributed by atoms with van der Waals surface area (Å²) < 4.78 is 14.4. The van der Waals surface area contributed by atoms with E-state index in [-0.39, 0.29) is 23.9 Å². The molecular weight excluding hydrogens is 385 g/mol. The number of pyridine rings is 1. The maximum Gasteiger partial charge on any atom is 0.317 e. The summed E-state index contributed by atoms with van der Waals surface area (Å²) in [4.78, 5) is 30.2. The van der Waals surface area contributed by atoms with Crippen LogP contribution in [0, 0.1) is 5.82 Å². The van der Waals surface area contributed by atoms with Gasteiger partial charge in [0.1, 0.15) is 5.65 Å². The van der Waals surface area contributed by atoms with Gasteiger partial charge >= 0.3 is 6.03 Å². The van der Waals surface area contributed by atoms with Crippen LogP contribution in [-0.2, 0) is 0 Å². The van der Waals surface area contributed by atoms with Crippen molar-refractivity contribution in [2.75, 3.05) is 18.4 Å². The summed E-state index contributed by atoms with van der Waals surface area (Å²) in [6, 6.07) is 3.73. The lowest BCUT2D eigenvalue weighted by atomic mass is 10.0. The van der Waals surface area contributed by atoms with Crippen LogP contribution in [0.1, 0.15) is 33.1 Å². The average molecular weight is 411 g/mol. The first-order valence-electron chi connectivity index (χ1n) is 10.3. The van der Waals surface area contributed by atoms with Gasteiger partial charge in [-0.2, -0.15) is 0 Å².